The maximum absolute atomic E-state index is 12.5. The predicted octanol–water partition coefficient (Wildman–Crippen LogP) is 2.32. The van der Waals surface area contributed by atoms with Gasteiger partial charge >= 0.3 is 5.97 Å². The van der Waals surface area contributed by atoms with Gasteiger partial charge in [0.05, 0.1) is 19.3 Å². The number of hydrogen-bond donors (Lipinski definition) is 1. The van der Waals surface area contributed by atoms with E-state index in [0.29, 0.717) is 6.42 Å². The largest absolute Gasteiger partial charge is 0.468 e. The average Bonchev–Trinajstić information content (AvgIpc) is 2.90. The minimum absolute atomic E-state index is 0.0592. The van der Waals surface area contributed by atoms with Gasteiger partial charge in [0.25, 0.3) is 0 Å². The van der Waals surface area contributed by atoms with Gasteiger partial charge in [-0.3, -0.25) is 4.79 Å². The molecule has 1 aliphatic rings. The van der Waals surface area contributed by atoms with Gasteiger partial charge in [0.1, 0.15) is 5.41 Å². The summed E-state index contributed by atoms with van der Waals surface area (Å²) in [6.45, 7) is 4.30. The molecule has 3 atom stereocenters. The lowest BCUT2D eigenvalue weighted by atomic mass is 9.75. The molecule has 0 aromatic heterocycles. The van der Waals surface area contributed by atoms with E-state index in [1.807, 2.05) is 31.2 Å². The van der Waals surface area contributed by atoms with Crippen molar-refractivity contribution < 1.29 is 14.3 Å². The first-order chi connectivity index (χ1) is 10.0. The third-order valence-corrected chi connectivity index (χ3v) is 4.42. The van der Waals surface area contributed by atoms with Crippen molar-refractivity contribution in [3.05, 3.63) is 35.4 Å². The lowest BCUT2D eigenvalue weighted by Gasteiger charge is -2.32. The van der Waals surface area contributed by atoms with Crippen molar-refractivity contribution in [1.29, 1.82) is 0 Å². The first-order valence-corrected chi connectivity index (χ1v) is 7.53. The van der Waals surface area contributed by atoms with Gasteiger partial charge in [0, 0.05) is 6.54 Å². The van der Waals surface area contributed by atoms with Crippen LogP contribution in [0.5, 0.6) is 0 Å². The molecule has 0 aliphatic carbocycles. The van der Waals surface area contributed by atoms with Crippen LogP contribution >= 0.6 is 0 Å². The van der Waals surface area contributed by atoms with Crippen LogP contribution in [0.25, 0.3) is 0 Å². The van der Waals surface area contributed by atoms with Crippen molar-refractivity contribution in [3.8, 4) is 0 Å². The number of benzene rings is 1. The second-order valence-corrected chi connectivity index (χ2v) is 5.99. The quantitative estimate of drug-likeness (QED) is 0.846. The van der Waals surface area contributed by atoms with Gasteiger partial charge in [-0.1, -0.05) is 29.8 Å². The van der Waals surface area contributed by atoms with E-state index < -0.39 is 5.41 Å². The number of methoxy groups -OCH3 is 1. The molecule has 1 aromatic rings. The number of aryl methyl sites for hydroxylation is 1. The van der Waals surface area contributed by atoms with E-state index >= 15 is 0 Å². The van der Waals surface area contributed by atoms with Gasteiger partial charge in [-0.2, -0.15) is 0 Å². The van der Waals surface area contributed by atoms with Crippen molar-refractivity contribution in [1.82, 2.24) is 0 Å². The van der Waals surface area contributed by atoms with Crippen LogP contribution in [-0.2, 0) is 19.7 Å². The monoisotopic (exact) mass is 291 g/mol. The molecular weight excluding hydrogens is 266 g/mol. The fourth-order valence-electron chi connectivity index (χ4n) is 3.10. The maximum atomic E-state index is 12.5. The first-order valence-electron chi connectivity index (χ1n) is 7.53. The van der Waals surface area contributed by atoms with Crippen molar-refractivity contribution in [2.45, 2.75) is 50.7 Å². The van der Waals surface area contributed by atoms with E-state index in [1.54, 1.807) is 0 Å². The summed E-state index contributed by atoms with van der Waals surface area (Å²) in [4.78, 5) is 12.5. The summed E-state index contributed by atoms with van der Waals surface area (Å²) in [5, 5.41) is 0. The first kappa shape index (κ1) is 16.0. The number of carbonyl (C=O) groups is 1. The molecule has 0 saturated carbocycles. The average molecular weight is 291 g/mol. The van der Waals surface area contributed by atoms with E-state index in [-0.39, 0.29) is 24.7 Å². The van der Waals surface area contributed by atoms with Crippen LogP contribution in [0.1, 0.15) is 37.3 Å². The third kappa shape index (κ3) is 3.27. The molecule has 1 saturated heterocycles. The minimum atomic E-state index is -0.822. The van der Waals surface area contributed by atoms with E-state index in [4.69, 9.17) is 15.2 Å². The molecule has 0 spiro atoms. The molecule has 2 N–H and O–H groups in total. The van der Waals surface area contributed by atoms with Crippen LogP contribution in [0, 0.1) is 6.92 Å². The summed E-state index contributed by atoms with van der Waals surface area (Å²) in [6, 6.07) is 7.94. The Hall–Kier alpha value is -1.39. The minimum Gasteiger partial charge on any atom is -0.468 e. The molecule has 2 rings (SSSR count). The molecular formula is C17H25NO3. The summed E-state index contributed by atoms with van der Waals surface area (Å²) in [7, 11) is 1.42. The SMILES string of the molecule is COC(=O)C(CN)(CC1CCC(C)O1)c1ccc(C)cc1. The number of carbonyl (C=O) groups excluding carboxylic acids is 1. The standard InChI is InChI=1S/C17H25NO3/c1-12-4-7-14(8-5-12)17(11-18,16(19)20-3)10-15-9-6-13(2)21-15/h4-5,7-8,13,15H,6,9-11,18H2,1-3H3. The Balaban J connectivity index is 2.33. The van der Waals surface area contributed by atoms with Crippen molar-refractivity contribution in [2.75, 3.05) is 13.7 Å². The maximum Gasteiger partial charge on any atom is 0.317 e. The van der Waals surface area contributed by atoms with E-state index in [0.717, 1.165) is 24.0 Å². The van der Waals surface area contributed by atoms with E-state index in [1.165, 1.54) is 7.11 Å². The van der Waals surface area contributed by atoms with E-state index in [2.05, 4.69) is 6.92 Å². The predicted molar refractivity (Wildman–Crippen MR) is 82.1 cm³/mol. The summed E-state index contributed by atoms with van der Waals surface area (Å²) in [5.41, 5.74) is 7.25. The molecule has 1 aliphatic heterocycles. The second-order valence-electron chi connectivity index (χ2n) is 5.99. The normalized spacial score (nSPS) is 24.6. The fourth-order valence-corrected chi connectivity index (χ4v) is 3.10. The number of rotatable bonds is 5. The molecule has 0 amide bonds. The molecule has 116 valence electrons. The summed E-state index contributed by atoms with van der Waals surface area (Å²) in [6.07, 6.45) is 2.88. The van der Waals surface area contributed by atoms with Crippen LogP contribution < -0.4 is 5.73 Å². The number of esters is 1. The second kappa shape index (κ2) is 6.58. The van der Waals surface area contributed by atoms with Crippen LogP contribution in [0.3, 0.4) is 0 Å². The van der Waals surface area contributed by atoms with Crippen LogP contribution in [-0.4, -0.2) is 31.8 Å². The van der Waals surface area contributed by atoms with E-state index in [9.17, 15) is 4.79 Å². The Kier molecular flexibility index (Phi) is 5.01. The number of nitrogens with two attached hydrogens (primary N) is 1. The Labute approximate surface area is 126 Å². The Bertz CT molecular complexity index is 485. The van der Waals surface area contributed by atoms with Gasteiger partial charge in [0.2, 0.25) is 0 Å². The molecule has 1 heterocycles. The third-order valence-electron chi connectivity index (χ3n) is 4.42. The molecule has 21 heavy (non-hydrogen) atoms. The van der Waals surface area contributed by atoms with Crippen LogP contribution in [0.15, 0.2) is 24.3 Å². The molecule has 1 fully saturated rings. The highest BCUT2D eigenvalue weighted by atomic mass is 16.5. The van der Waals surface area contributed by atoms with Gasteiger partial charge < -0.3 is 15.2 Å². The molecule has 0 bridgehead atoms. The smallest absolute Gasteiger partial charge is 0.317 e. The number of ether oxygens (including phenoxy) is 2. The van der Waals surface area contributed by atoms with Crippen LogP contribution in [0.2, 0.25) is 0 Å². The topological polar surface area (TPSA) is 61.5 Å². The summed E-state index contributed by atoms with van der Waals surface area (Å²) in [5.74, 6) is -0.281. The molecule has 4 heteroatoms. The lowest BCUT2D eigenvalue weighted by Crippen LogP contribution is -2.46. The Morgan fingerprint density at radius 1 is 1.38 bits per heavy atom. The zero-order valence-electron chi connectivity index (χ0n) is 13.1. The Morgan fingerprint density at radius 2 is 2.05 bits per heavy atom. The molecule has 0 radical (unpaired) electrons. The van der Waals surface area contributed by atoms with Gasteiger partial charge in [-0.15, -0.1) is 0 Å². The van der Waals surface area contributed by atoms with Crippen molar-refractivity contribution in [3.63, 3.8) is 0 Å². The van der Waals surface area contributed by atoms with Crippen molar-refractivity contribution >= 4 is 5.97 Å². The zero-order chi connectivity index (χ0) is 15.5. The zero-order valence-corrected chi connectivity index (χ0v) is 13.1. The van der Waals surface area contributed by atoms with Crippen LogP contribution in [0.4, 0.5) is 0 Å². The van der Waals surface area contributed by atoms with Gasteiger partial charge in [-0.05, 0) is 38.7 Å². The highest BCUT2D eigenvalue weighted by Crippen LogP contribution is 2.35. The number of hydrogen-bond acceptors (Lipinski definition) is 4. The fraction of sp³-hybridized carbons (Fsp3) is 0.588. The molecule has 1 aromatic carbocycles. The Morgan fingerprint density at radius 3 is 2.52 bits per heavy atom. The molecule has 3 unspecified atom stereocenters. The highest BCUT2D eigenvalue weighted by Gasteiger charge is 2.43. The highest BCUT2D eigenvalue weighted by molar-refractivity contribution is 5.83. The van der Waals surface area contributed by atoms with Crippen molar-refractivity contribution in [2.24, 2.45) is 5.73 Å². The summed E-state index contributed by atoms with van der Waals surface area (Å²) >= 11 is 0. The van der Waals surface area contributed by atoms with Gasteiger partial charge in [0.15, 0.2) is 0 Å². The lowest BCUT2D eigenvalue weighted by molar-refractivity contribution is -0.149. The van der Waals surface area contributed by atoms with Gasteiger partial charge in [-0.25, -0.2) is 0 Å². The molecule has 4 nitrogen and oxygen atoms in total. The summed E-state index contributed by atoms with van der Waals surface area (Å²) < 4.78 is 10.9.